The van der Waals surface area contributed by atoms with E-state index in [0.29, 0.717) is 23.0 Å². The Kier molecular flexibility index (Phi) is 3.03. The summed E-state index contributed by atoms with van der Waals surface area (Å²) in [4.78, 5) is 0. The monoisotopic (exact) mass is 263 g/mol. The zero-order valence-corrected chi connectivity index (χ0v) is 10.9. The van der Waals surface area contributed by atoms with Crippen molar-refractivity contribution in [3.05, 3.63) is 29.7 Å². The number of rotatable bonds is 4. The predicted molar refractivity (Wildman–Crippen MR) is 71.3 cm³/mol. The van der Waals surface area contributed by atoms with E-state index < -0.39 is 12.1 Å². The van der Waals surface area contributed by atoms with Gasteiger partial charge in [0.05, 0.1) is 17.0 Å². The van der Waals surface area contributed by atoms with Crippen LogP contribution in [0.25, 0.3) is 10.9 Å². The molecule has 4 nitrogen and oxygen atoms in total. The third kappa shape index (κ3) is 2.24. The average molecular weight is 263 g/mol. The van der Waals surface area contributed by atoms with Gasteiger partial charge >= 0.3 is 0 Å². The Balaban J connectivity index is 1.81. The number of aromatic nitrogens is 2. The second kappa shape index (κ2) is 4.58. The molecule has 1 fully saturated rings. The van der Waals surface area contributed by atoms with Gasteiger partial charge in [-0.15, -0.1) is 5.10 Å². The maximum Gasteiger partial charge on any atom is 0.240 e. The summed E-state index contributed by atoms with van der Waals surface area (Å²) >= 11 is 0. The topological polar surface area (TPSA) is 60.9 Å². The highest BCUT2D eigenvalue weighted by atomic mass is 19.1. The number of nitrogens with zero attached hydrogens (tertiary/aromatic N) is 1. The number of hydrogen-bond acceptors (Lipinski definition) is 3. The molecule has 1 aliphatic carbocycles. The Morgan fingerprint density at radius 1 is 1.53 bits per heavy atom. The fraction of sp³-hybridized carbons (Fsp3) is 0.500. The highest BCUT2D eigenvalue weighted by Gasteiger charge is 2.31. The molecule has 0 spiro atoms. The Bertz CT molecular complexity index is 591. The van der Waals surface area contributed by atoms with Crippen molar-refractivity contribution in [3.8, 4) is 0 Å². The average Bonchev–Trinajstić information content (AvgIpc) is 2.76. The Morgan fingerprint density at radius 2 is 2.32 bits per heavy atom. The van der Waals surface area contributed by atoms with E-state index in [1.54, 1.807) is 18.2 Å². The van der Waals surface area contributed by atoms with E-state index in [1.165, 1.54) is 6.42 Å². The molecule has 0 amide bonds. The second-order valence-electron chi connectivity index (χ2n) is 5.60. The van der Waals surface area contributed by atoms with Crippen molar-refractivity contribution in [1.29, 1.82) is 0 Å². The van der Waals surface area contributed by atoms with E-state index in [2.05, 4.69) is 22.4 Å². The van der Waals surface area contributed by atoms with E-state index in [0.717, 1.165) is 12.8 Å². The van der Waals surface area contributed by atoms with Gasteiger partial charge in [0.25, 0.3) is 0 Å². The molecule has 0 radical (unpaired) electrons. The summed E-state index contributed by atoms with van der Waals surface area (Å²) in [6.45, 7) is 2.59. The van der Waals surface area contributed by atoms with Gasteiger partial charge in [-0.25, -0.2) is 0 Å². The van der Waals surface area contributed by atoms with E-state index in [9.17, 15) is 9.50 Å². The van der Waals surface area contributed by atoms with Crippen LogP contribution in [0.4, 0.5) is 4.39 Å². The minimum atomic E-state index is -0.728. The van der Waals surface area contributed by atoms with E-state index >= 15 is 0 Å². The smallest absolute Gasteiger partial charge is 0.240 e. The first-order chi connectivity index (χ1) is 9.09. The van der Waals surface area contributed by atoms with Crippen molar-refractivity contribution in [1.82, 2.24) is 15.5 Å². The zero-order valence-electron chi connectivity index (χ0n) is 10.9. The maximum absolute atomic E-state index is 13.6. The van der Waals surface area contributed by atoms with Crippen LogP contribution in [0.1, 0.15) is 37.9 Å². The molecule has 5 heteroatoms. The van der Waals surface area contributed by atoms with Crippen LogP contribution in [0, 0.1) is 5.95 Å². The van der Waals surface area contributed by atoms with Crippen LogP contribution in [-0.4, -0.2) is 27.4 Å². The Labute approximate surface area is 111 Å². The molecule has 0 saturated heterocycles. The standard InChI is InChI=1S/C14H18FN3O/c1-14(6-3-7-14)16-8-11(19)9-4-2-5-10-12(9)13(15)18-17-10/h2,4-5,11,16,19H,3,6-8H2,1H3,(H,17,18)/t11-/m0/s1. The maximum atomic E-state index is 13.6. The van der Waals surface area contributed by atoms with Crippen LogP contribution in [0.3, 0.4) is 0 Å². The van der Waals surface area contributed by atoms with Gasteiger partial charge in [0.1, 0.15) is 0 Å². The van der Waals surface area contributed by atoms with Gasteiger partial charge < -0.3 is 10.4 Å². The van der Waals surface area contributed by atoms with Gasteiger partial charge in [-0.2, -0.15) is 4.39 Å². The first-order valence-electron chi connectivity index (χ1n) is 6.65. The minimum Gasteiger partial charge on any atom is -0.387 e. The number of H-pyrrole nitrogens is 1. The fourth-order valence-electron chi connectivity index (χ4n) is 2.67. The molecule has 2 aromatic rings. The number of halogens is 1. The summed E-state index contributed by atoms with van der Waals surface area (Å²) in [6, 6.07) is 5.29. The molecule has 3 N–H and O–H groups in total. The van der Waals surface area contributed by atoms with Crippen molar-refractivity contribution in [3.63, 3.8) is 0 Å². The number of nitrogens with one attached hydrogen (secondary N) is 2. The van der Waals surface area contributed by atoms with Gasteiger partial charge in [-0.1, -0.05) is 12.1 Å². The molecule has 1 saturated carbocycles. The quantitative estimate of drug-likeness (QED) is 0.793. The third-order valence-electron chi connectivity index (χ3n) is 4.12. The van der Waals surface area contributed by atoms with Gasteiger partial charge in [-0.05, 0) is 37.8 Å². The van der Waals surface area contributed by atoms with Crippen molar-refractivity contribution >= 4 is 10.9 Å². The molecule has 1 aliphatic rings. The van der Waals surface area contributed by atoms with Gasteiger partial charge in [0.15, 0.2) is 0 Å². The summed E-state index contributed by atoms with van der Waals surface area (Å²) < 4.78 is 13.6. The SMILES string of the molecule is CC1(NC[C@H](O)c2cccc3[nH]nc(F)c23)CCC1. The lowest BCUT2D eigenvalue weighted by atomic mass is 9.78. The molecule has 0 unspecified atom stereocenters. The lowest BCUT2D eigenvalue weighted by Gasteiger charge is -2.40. The number of fused-ring (bicyclic) bond motifs is 1. The molecular formula is C14H18FN3O. The zero-order chi connectivity index (χ0) is 13.5. The fourth-order valence-corrected chi connectivity index (χ4v) is 2.67. The third-order valence-corrected chi connectivity index (χ3v) is 4.12. The second-order valence-corrected chi connectivity index (χ2v) is 5.60. The summed E-state index contributed by atoms with van der Waals surface area (Å²) in [6.07, 6.45) is 2.76. The summed E-state index contributed by atoms with van der Waals surface area (Å²) in [5, 5.41) is 20.2. The molecule has 1 aromatic heterocycles. The normalized spacial score (nSPS) is 19.3. The molecule has 1 heterocycles. The van der Waals surface area contributed by atoms with Gasteiger partial charge in [0, 0.05) is 12.1 Å². The molecular weight excluding hydrogens is 245 g/mol. The number of aromatic amines is 1. The predicted octanol–water partition coefficient (Wildman–Crippen LogP) is 2.27. The van der Waals surface area contributed by atoms with Crippen molar-refractivity contribution in [2.24, 2.45) is 0 Å². The van der Waals surface area contributed by atoms with Crippen molar-refractivity contribution < 1.29 is 9.50 Å². The molecule has 102 valence electrons. The largest absolute Gasteiger partial charge is 0.387 e. The number of hydrogen-bond donors (Lipinski definition) is 3. The summed E-state index contributed by atoms with van der Waals surface area (Å²) in [5.74, 6) is -0.556. The number of aliphatic hydroxyl groups excluding tert-OH is 1. The molecule has 0 bridgehead atoms. The highest BCUT2D eigenvalue weighted by Crippen LogP contribution is 2.32. The minimum absolute atomic E-state index is 0.129. The van der Waals surface area contributed by atoms with Crippen LogP contribution in [0.2, 0.25) is 0 Å². The van der Waals surface area contributed by atoms with E-state index in [4.69, 9.17) is 0 Å². The highest BCUT2D eigenvalue weighted by molar-refractivity contribution is 5.82. The summed E-state index contributed by atoms with van der Waals surface area (Å²) in [5.41, 5.74) is 1.33. The van der Waals surface area contributed by atoms with Crippen LogP contribution >= 0.6 is 0 Å². The number of β-amino-alcohol motifs (C(OH)–C–C–N with tert-alkyl or cyclic N) is 1. The first-order valence-corrected chi connectivity index (χ1v) is 6.65. The number of aliphatic hydroxyl groups is 1. The molecule has 1 aromatic carbocycles. The lowest BCUT2D eigenvalue weighted by molar-refractivity contribution is 0.133. The Hall–Kier alpha value is -1.46. The summed E-state index contributed by atoms with van der Waals surface area (Å²) in [7, 11) is 0. The Morgan fingerprint density at radius 3 is 3.00 bits per heavy atom. The van der Waals surface area contributed by atoms with Crippen molar-refractivity contribution in [2.45, 2.75) is 37.8 Å². The van der Waals surface area contributed by atoms with Crippen LogP contribution in [-0.2, 0) is 0 Å². The first kappa shape index (κ1) is 12.6. The number of benzene rings is 1. The van der Waals surface area contributed by atoms with Crippen LogP contribution in [0.15, 0.2) is 18.2 Å². The van der Waals surface area contributed by atoms with Crippen LogP contribution < -0.4 is 5.32 Å². The lowest BCUT2D eigenvalue weighted by Crippen LogP contribution is -2.49. The van der Waals surface area contributed by atoms with Gasteiger partial charge in [0.2, 0.25) is 5.95 Å². The molecule has 19 heavy (non-hydrogen) atoms. The van der Waals surface area contributed by atoms with E-state index in [-0.39, 0.29) is 5.54 Å². The molecule has 0 aliphatic heterocycles. The van der Waals surface area contributed by atoms with E-state index in [1.807, 2.05) is 0 Å². The van der Waals surface area contributed by atoms with Crippen molar-refractivity contribution in [2.75, 3.05) is 6.54 Å². The van der Waals surface area contributed by atoms with Gasteiger partial charge in [-0.3, -0.25) is 5.10 Å². The molecule has 3 rings (SSSR count). The van der Waals surface area contributed by atoms with Crippen LogP contribution in [0.5, 0.6) is 0 Å². The molecule has 1 atom stereocenters.